The zero-order chi connectivity index (χ0) is 12.1. The van der Waals surface area contributed by atoms with Crippen LogP contribution >= 0.6 is 0 Å². The molecule has 1 saturated carbocycles. The second kappa shape index (κ2) is 6.06. The highest BCUT2D eigenvalue weighted by Crippen LogP contribution is 2.28. The molecule has 0 aliphatic heterocycles. The van der Waals surface area contributed by atoms with Crippen molar-refractivity contribution < 1.29 is 4.74 Å². The van der Waals surface area contributed by atoms with Gasteiger partial charge in [-0.05, 0) is 69.8 Å². The molecule has 2 heteroatoms. The first kappa shape index (κ1) is 12.4. The molecule has 1 fully saturated rings. The molecule has 0 atom stereocenters. The minimum atomic E-state index is 0.449. The first-order valence-electron chi connectivity index (χ1n) is 6.71. The Morgan fingerprint density at radius 3 is 2.76 bits per heavy atom. The van der Waals surface area contributed by atoms with E-state index in [1.807, 2.05) is 7.05 Å². The molecule has 0 unspecified atom stereocenters. The Morgan fingerprint density at radius 2 is 2.06 bits per heavy atom. The first-order valence-corrected chi connectivity index (χ1v) is 6.71. The van der Waals surface area contributed by atoms with Gasteiger partial charge in [-0.2, -0.15) is 0 Å². The lowest BCUT2D eigenvalue weighted by Gasteiger charge is -2.18. The van der Waals surface area contributed by atoms with Crippen molar-refractivity contribution in [2.45, 2.75) is 45.1 Å². The summed E-state index contributed by atoms with van der Waals surface area (Å²) in [6.07, 6.45) is 6.58. The maximum absolute atomic E-state index is 6.16. The molecule has 94 valence electrons. The van der Waals surface area contributed by atoms with E-state index in [9.17, 15) is 0 Å². The topological polar surface area (TPSA) is 21.3 Å². The van der Waals surface area contributed by atoms with Gasteiger partial charge in [0.05, 0.1) is 6.10 Å². The Morgan fingerprint density at radius 1 is 1.29 bits per heavy atom. The fourth-order valence-corrected chi connectivity index (χ4v) is 2.54. The number of rotatable bonds is 5. The fraction of sp³-hybridized carbons (Fsp3) is 0.600. The molecule has 0 amide bonds. The molecular formula is C15H23NO. The average Bonchev–Trinajstić information content (AvgIpc) is 2.81. The molecular weight excluding hydrogens is 210 g/mol. The van der Waals surface area contributed by atoms with Crippen LogP contribution in [0.4, 0.5) is 0 Å². The van der Waals surface area contributed by atoms with Crippen LogP contribution in [-0.2, 0) is 6.42 Å². The summed E-state index contributed by atoms with van der Waals surface area (Å²) in [5, 5.41) is 3.21. The minimum Gasteiger partial charge on any atom is -0.490 e. The van der Waals surface area contributed by atoms with Crippen molar-refractivity contribution in [2.75, 3.05) is 13.6 Å². The Bertz CT molecular complexity index is 356. The lowest BCUT2D eigenvalue weighted by Crippen LogP contribution is -2.15. The number of aryl methyl sites for hydroxylation is 1. The largest absolute Gasteiger partial charge is 0.490 e. The molecule has 2 rings (SSSR count). The molecule has 1 aliphatic rings. The fourth-order valence-electron chi connectivity index (χ4n) is 2.54. The van der Waals surface area contributed by atoms with E-state index in [4.69, 9.17) is 4.74 Å². The molecule has 17 heavy (non-hydrogen) atoms. The molecule has 0 radical (unpaired) electrons. The summed E-state index contributed by atoms with van der Waals surface area (Å²) in [6, 6.07) is 6.39. The van der Waals surface area contributed by atoms with Crippen LogP contribution in [0.2, 0.25) is 0 Å². The second-order valence-corrected chi connectivity index (χ2v) is 4.93. The van der Waals surface area contributed by atoms with Gasteiger partial charge >= 0.3 is 0 Å². The quantitative estimate of drug-likeness (QED) is 0.844. The minimum absolute atomic E-state index is 0.449. The lowest BCUT2D eigenvalue weighted by atomic mass is 10.0. The molecule has 1 aromatic rings. The van der Waals surface area contributed by atoms with Gasteiger partial charge in [-0.25, -0.2) is 0 Å². The van der Waals surface area contributed by atoms with Crippen LogP contribution in [0.3, 0.4) is 0 Å². The third kappa shape index (κ3) is 3.22. The summed E-state index contributed by atoms with van der Waals surface area (Å²) in [5.74, 6) is 1.10. The Kier molecular flexibility index (Phi) is 4.43. The van der Waals surface area contributed by atoms with Crippen LogP contribution in [0.25, 0.3) is 0 Å². The molecule has 1 aliphatic carbocycles. The smallest absolute Gasteiger partial charge is 0.123 e. The van der Waals surface area contributed by atoms with Crippen LogP contribution < -0.4 is 10.1 Å². The maximum atomic E-state index is 6.16. The van der Waals surface area contributed by atoms with Crippen LogP contribution in [0.15, 0.2) is 18.2 Å². The average molecular weight is 233 g/mol. The summed E-state index contributed by atoms with van der Waals surface area (Å²) in [4.78, 5) is 0. The second-order valence-electron chi connectivity index (χ2n) is 4.93. The molecule has 0 bridgehead atoms. The number of hydrogen-bond donors (Lipinski definition) is 1. The Hall–Kier alpha value is -1.02. The summed E-state index contributed by atoms with van der Waals surface area (Å²) in [6.45, 7) is 3.18. The number of hydrogen-bond acceptors (Lipinski definition) is 2. The third-order valence-corrected chi connectivity index (χ3v) is 3.59. The number of ether oxygens (including phenoxy) is 1. The van der Waals surface area contributed by atoms with E-state index in [0.29, 0.717) is 6.10 Å². The zero-order valence-corrected chi connectivity index (χ0v) is 11.0. The van der Waals surface area contributed by atoms with Crippen molar-refractivity contribution in [3.05, 3.63) is 29.3 Å². The SMILES string of the molecule is CNCCc1c(C)cccc1OC1CCCC1. The van der Waals surface area contributed by atoms with E-state index in [-0.39, 0.29) is 0 Å². The van der Waals surface area contributed by atoms with Crippen molar-refractivity contribution in [3.63, 3.8) is 0 Å². The number of benzene rings is 1. The van der Waals surface area contributed by atoms with Crippen LogP contribution in [0.5, 0.6) is 5.75 Å². The number of likely N-dealkylation sites (N-methyl/N-ethyl adjacent to an activating group) is 1. The Labute approximate surface area is 104 Å². The summed E-state index contributed by atoms with van der Waals surface area (Å²) >= 11 is 0. The molecule has 1 aromatic carbocycles. The van der Waals surface area contributed by atoms with Gasteiger partial charge in [0.25, 0.3) is 0 Å². The van der Waals surface area contributed by atoms with Crippen LogP contribution in [0.1, 0.15) is 36.8 Å². The van der Waals surface area contributed by atoms with Gasteiger partial charge in [-0.15, -0.1) is 0 Å². The molecule has 2 nitrogen and oxygen atoms in total. The summed E-state index contributed by atoms with van der Waals surface area (Å²) in [5.41, 5.74) is 2.71. The summed E-state index contributed by atoms with van der Waals surface area (Å²) in [7, 11) is 2.00. The van der Waals surface area contributed by atoms with Gasteiger partial charge in [-0.3, -0.25) is 0 Å². The van der Waals surface area contributed by atoms with Gasteiger partial charge < -0.3 is 10.1 Å². The zero-order valence-electron chi connectivity index (χ0n) is 11.0. The van der Waals surface area contributed by atoms with E-state index >= 15 is 0 Å². The first-order chi connectivity index (χ1) is 8.31. The van der Waals surface area contributed by atoms with E-state index in [2.05, 4.69) is 30.4 Å². The molecule has 0 spiro atoms. The van der Waals surface area contributed by atoms with Gasteiger partial charge in [0, 0.05) is 0 Å². The molecule has 0 aromatic heterocycles. The highest BCUT2D eigenvalue weighted by Gasteiger charge is 2.18. The van der Waals surface area contributed by atoms with E-state index < -0.39 is 0 Å². The van der Waals surface area contributed by atoms with Crippen LogP contribution in [0, 0.1) is 6.92 Å². The van der Waals surface area contributed by atoms with E-state index in [0.717, 1.165) is 18.7 Å². The number of nitrogens with one attached hydrogen (secondary N) is 1. The van der Waals surface area contributed by atoms with Gasteiger partial charge in [0.15, 0.2) is 0 Å². The normalized spacial score (nSPS) is 16.4. The van der Waals surface area contributed by atoms with Gasteiger partial charge in [-0.1, -0.05) is 12.1 Å². The Balaban J connectivity index is 2.10. The maximum Gasteiger partial charge on any atom is 0.123 e. The van der Waals surface area contributed by atoms with Crippen molar-refractivity contribution in [1.29, 1.82) is 0 Å². The van der Waals surface area contributed by atoms with Gasteiger partial charge in [0.1, 0.15) is 5.75 Å². The van der Waals surface area contributed by atoms with Crippen molar-refractivity contribution >= 4 is 0 Å². The van der Waals surface area contributed by atoms with Crippen molar-refractivity contribution in [2.24, 2.45) is 0 Å². The van der Waals surface area contributed by atoms with Crippen molar-refractivity contribution in [3.8, 4) is 5.75 Å². The van der Waals surface area contributed by atoms with Crippen LogP contribution in [-0.4, -0.2) is 19.7 Å². The molecule has 0 saturated heterocycles. The third-order valence-electron chi connectivity index (χ3n) is 3.59. The molecule has 0 heterocycles. The van der Waals surface area contributed by atoms with Gasteiger partial charge in [0.2, 0.25) is 0 Å². The standard InChI is InChI=1S/C15H23NO/c1-12-6-5-9-15(14(12)10-11-16-2)17-13-7-3-4-8-13/h5-6,9,13,16H,3-4,7-8,10-11H2,1-2H3. The highest BCUT2D eigenvalue weighted by molar-refractivity contribution is 5.40. The van der Waals surface area contributed by atoms with Crippen molar-refractivity contribution in [1.82, 2.24) is 5.32 Å². The highest BCUT2D eigenvalue weighted by atomic mass is 16.5. The molecule has 1 N–H and O–H groups in total. The monoisotopic (exact) mass is 233 g/mol. The lowest BCUT2D eigenvalue weighted by molar-refractivity contribution is 0.208. The summed E-state index contributed by atoms with van der Waals surface area (Å²) < 4.78 is 6.16. The van der Waals surface area contributed by atoms with E-state index in [1.165, 1.54) is 36.8 Å². The van der Waals surface area contributed by atoms with E-state index in [1.54, 1.807) is 0 Å². The predicted octanol–water partition coefficient (Wildman–Crippen LogP) is 3.08. The predicted molar refractivity (Wildman–Crippen MR) is 71.7 cm³/mol.